The molecule has 0 radical (unpaired) electrons. The number of pyridine rings is 1. The molecular weight excluding hydrogens is 359 g/mol. The van der Waals surface area contributed by atoms with Crippen molar-refractivity contribution in [1.82, 2.24) is 4.98 Å². The second-order valence-corrected chi connectivity index (χ2v) is 9.22. The molecule has 1 aromatic heterocycles. The first-order chi connectivity index (χ1) is 13.5. The molecule has 0 atom stereocenters. The van der Waals surface area contributed by atoms with Crippen LogP contribution in [0, 0.1) is 17.8 Å². The van der Waals surface area contributed by atoms with Gasteiger partial charge in [0.2, 0.25) is 0 Å². The van der Waals surface area contributed by atoms with Crippen LogP contribution in [-0.4, -0.2) is 4.98 Å². The van der Waals surface area contributed by atoms with E-state index in [-0.39, 0.29) is 0 Å². The Morgan fingerprint density at radius 2 is 1.50 bits per heavy atom. The van der Waals surface area contributed by atoms with E-state index in [1.807, 2.05) is 0 Å². The van der Waals surface area contributed by atoms with E-state index in [2.05, 4.69) is 11.9 Å². The lowest BCUT2D eigenvalue weighted by atomic mass is 9.68. The van der Waals surface area contributed by atoms with Crippen LogP contribution >= 0.6 is 0 Å². The van der Waals surface area contributed by atoms with Crippen LogP contribution in [0.5, 0.6) is 0 Å². The fraction of sp³-hybridized carbons (Fsp3) is 0.792. The molecule has 4 heteroatoms. The molecule has 1 heterocycles. The highest BCUT2D eigenvalue weighted by molar-refractivity contribution is 5.20. The van der Waals surface area contributed by atoms with Gasteiger partial charge in [0.15, 0.2) is 0 Å². The molecule has 0 amide bonds. The zero-order valence-corrected chi connectivity index (χ0v) is 17.3. The maximum absolute atomic E-state index is 12.7. The molecule has 2 aliphatic carbocycles. The van der Waals surface area contributed by atoms with Gasteiger partial charge in [0.05, 0.1) is 0 Å². The zero-order chi connectivity index (χ0) is 20.0. The molecule has 1 nitrogen and oxygen atoms in total. The van der Waals surface area contributed by atoms with E-state index < -0.39 is 11.9 Å². The molecule has 28 heavy (non-hydrogen) atoms. The molecule has 3 rings (SSSR count). The molecule has 0 aromatic carbocycles. The van der Waals surface area contributed by atoms with Crippen molar-refractivity contribution in [3.8, 4) is 0 Å². The minimum atomic E-state index is -4.34. The average molecular weight is 396 g/mol. The topological polar surface area (TPSA) is 12.9 Å². The lowest BCUT2D eigenvalue weighted by molar-refractivity contribution is -0.141. The van der Waals surface area contributed by atoms with Crippen LogP contribution in [0.15, 0.2) is 18.3 Å². The monoisotopic (exact) mass is 395 g/mol. The van der Waals surface area contributed by atoms with Gasteiger partial charge in [0.1, 0.15) is 5.69 Å². The standard InChI is InChI=1S/C24H36F3N/c1-2-3-4-5-6-18-7-9-19(10-8-18)20-11-13-21(14-12-20)22-15-16-23(28-17-22)24(25,26)27/h15-21H,2-14H2,1H3/t18-,19-,20?,21?. The number of hydrogen-bond acceptors (Lipinski definition) is 1. The average Bonchev–Trinajstić information content (AvgIpc) is 2.71. The predicted molar refractivity (Wildman–Crippen MR) is 108 cm³/mol. The molecule has 1 aromatic rings. The molecule has 0 aliphatic heterocycles. The molecule has 2 fully saturated rings. The van der Waals surface area contributed by atoms with Gasteiger partial charge in [-0.2, -0.15) is 13.2 Å². The van der Waals surface area contributed by atoms with Crippen molar-refractivity contribution in [1.29, 1.82) is 0 Å². The van der Waals surface area contributed by atoms with Gasteiger partial charge in [0, 0.05) is 6.20 Å². The van der Waals surface area contributed by atoms with Crippen molar-refractivity contribution in [2.45, 2.75) is 102 Å². The van der Waals surface area contributed by atoms with Gasteiger partial charge in [-0.1, -0.05) is 57.9 Å². The zero-order valence-electron chi connectivity index (χ0n) is 17.3. The summed E-state index contributed by atoms with van der Waals surface area (Å²) >= 11 is 0. The second-order valence-electron chi connectivity index (χ2n) is 9.22. The van der Waals surface area contributed by atoms with Crippen LogP contribution in [0.25, 0.3) is 0 Å². The van der Waals surface area contributed by atoms with Gasteiger partial charge in [-0.25, -0.2) is 0 Å². The third kappa shape index (κ3) is 5.97. The van der Waals surface area contributed by atoms with Crippen LogP contribution in [0.3, 0.4) is 0 Å². The Bertz CT molecular complexity index is 565. The fourth-order valence-corrected chi connectivity index (χ4v) is 5.55. The molecule has 2 aliphatic rings. The third-order valence-corrected chi connectivity index (χ3v) is 7.34. The Hall–Kier alpha value is -1.06. The Morgan fingerprint density at radius 1 is 0.857 bits per heavy atom. The number of alkyl halides is 3. The maximum Gasteiger partial charge on any atom is 0.433 e. The summed E-state index contributed by atoms with van der Waals surface area (Å²) in [5, 5.41) is 0. The number of aromatic nitrogens is 1. The number of halogens is 3. The van der Waals surface area contributed by atoms with Crippen molar-refractivity contribution in [3.63, 3.8) is 0 Å². The van der Waals surface area contributed by atoms with Crippen molar-refractivity contribution in [2.24, 2.45) is 17.8 Å². The van der Waals surface area contributed by atoms with Gasteiger partial charge < -0.3 is 0 Å². The van der Waals surface area contributed by atoms with E-state index in [9.17, 15) is 13.2 Å². The van der Waals surface area contributed by atoms with E-state index in [4.69, 9.17) is 0 Å². The number of hydrogen-bond donors (Lipinski definition) is 0. The van der Waals surface area contributed by atoms with E-state index in [0.717, 1.165) is 42.2 Å². The molecule has 0 bridgehead atoms. The number of nitrogens with zero attached hydrogens (tertiary/aromatic N) is 1. The summed E-state index contributed by atoms with van der Waals surface area (Å²) in [6.45, 7) is 2.27. The molecule has 0 N–H and O–H groups in total. The van der Waals surface area contributed by atoms with Gasteiger partial charge in [-0.3, -0.25) is 4.98 Å². The number of rotatable bonds is 7. The van der Waals surface area contributed by atoms with Crippen molar-refractivity contribution in [3.05, 3.63) is 29.6 Å². The Balaban J connectivity index is 1.40. The lowest BCUT2D eigenvalue weighted by Crippen LogP contribution is -2.25. The largest absolute Gasteiger partial charge is 0.433 e. The van der Waals surface area contributed by atoms with Crippen molar-refractivity contribution < 1.29 is 13.2 Å². The first-order valence-corrected chi connectivity index (χ1v) is 11.5. The van der Waals surface area contributed by atoms with Crippen LogP contribution < -0.4 is 0 Å². The second kappa shape index (κ2) is 10.1. The molecule has 158 valence electrons. The third-order valence-electron chi connectivity index (χ3n) is 7.34. The van der Waals surface area contributed by atoms with Crippen molar-refractivity contribution >= 4 is 0 Å². The summed E-state index contributed by atoms with van der Waals surface area (Å²) in [4.78, 5) is 3.65. The maximum atomic E-state index is 12.7. The van der Waals surface area contributed by atoms with Gasteiger partial charge >= 0.3 is 6.18 Å². The van der Waals surface area contributed by atoms with Gasteiger partial charge in [-0.15, -0.1) is 0 Å². The van der Waals surface area contributed by atoms with Crippen LogP contribution in [0.2, 0.25) is 0 Å². The van der Waals surface area contributed by atoms with E-state index in [1.54, 1.807) is 6.07 Å². The van der Waals surface area contributed by atoms with E-state index in [1.165, 1.54) is 76.8 Å². The minimum Gasteiger partial charge on any atom is -0.251 e. The molecule has 0 spiro atoms. The van der Waals surface area contributed by atoms with Crippen LogP contribution in [-0.2, 0) is 6.18 Å². The minimum absolute atomic E-state index is 0.390. The summed E-state index contributed by atoms with van der Waals surface area (Å²) in [6.07, 6.45) is 14.4. The summed E-state index contributed by atoms with van der Waals surface area (Å²) < 4.78 is 38.1. The smallest absolute Gasteiger partial charge is 0.251 e. The highest BCUT2D eigenvalue weighted by Crippen LogP contribution is 2.44. The number of unbranched alkanes of at least 4 members (excludes halogenated alkanes) is 3. The highest BCUT2D eigenvalue weighted by atomic mass is 19.4. The summed E-state index contributed by atoms with van der Waals surface area (Å²) in [6, 6.07) is 2.79. The lowest BCUT2D eigenvalue weighted by Gasteiger charge is -2.38. The Kier molecular flexibility index (Phi) is 7.82. The summed E-state index contributed by atoms with van der Waals surface area (Å²) in [5.74, 6) is 3.07. The quantitative estimate of drug-likeness (QED) is 0.424. The first kappa shape index (κ1) is 21.6. The van der Waals surface area contributed by atoms with Crippen LogP contribution in [0.1, 0.15) is 108 Å². The van der Waals surface area contributed by atoms with Gasteiger partial charge in [0.25, 0.3) is 0 Å². The summed E-state index contributed by atoms with van der Waals surface area (Å²) in [5.41, 5.74) is 0.207. The SMILES string of the molecule is CCCCCC[C@H]1CC[C@H](C2CCC(c3ccc(C(F)(F)F)nc3)CC2)CC1. The summed E-state index contributed by atoms with van der Waals surface area (Å²) in [7, 11) is 0. The fourth-order valence-electron chi connectivity index (χ4n) is 5.55. The Morgan fingerprint density at radius 3 is 2.04 bits per heavy atom. The first-order valence-electron chi connectivity index (χ1n) is 11.5. The molecule has 2 saturated carbocycles. The predicted octanol–water partition coefficient (Wildman–Crippen LogP) is 8.15. The highest BCUT2D eigenvalue weighted by Gasteiger charge is 2.34. The van der Waals surface area contributed by atoms with Crippen LogP contribution in [0.4, 0.5) is 13.2 Å². The van der Waals surface area contributed by atoms with Gasteiger partial charge in [-0.05, 0) is 73.8 Å². The molecule has 0 unspecified atom stereocenters. The molecule has 0 saturated heterocycles. The van der Waals surface area contributed by atoms with Crippen molar-refractivity contribution in [2.75, 3.05) is 0 Å². The normalized spacial score (nSPS) is 29.0. The Labute approximate surface area is 168 Å². The van der Waals surface area contributed by atoms with E-state index >= 15 is 0 Å². The van der Waals surface area contributed by atoms with E-state index in [0.29, 0.717) is 5.92 Å². The molecular formula is C24H36F3N.